The average Bonchev–Trinajstić information content (AvgIpc) is 2.38. The van der Waals surface area contributed by atoms with Gasteiger partial charge < -0.3 is 30.5 Å². The summed E-state index contributed by atoms with van der Waals surface area (Å²) < 4.78 is 8.93. The number of carboxylic acid groups (broad SMARTS) is 2. The Hall–Kier alpha value is -2.78. The molecule has 0 aliphatic heterocycles. The van der Waals surface area contributed by atoms with E-state index >= 15 is 0 Å². The Morgan fingerprint density at radius 3 is 1.27 bits per heavy atom. The van der Waals surface area contributed by atoms with Crippen LogP contribution in [0.25, 0.3) is 0 Å². The van der Waals surface area contributed by atoms with Crippen LogP contribution in [0, 0.1) is 22.7 Å². The molecule has 10 nitrogen and oxygen atoms in total. The van der Waals surface area contributed by atoms with Crippen molar-refractivity contribution < 1.29 is 38.9 Å². The molecule has 22 heavy (non-hydrogen) atoms. The number of esters is 2. The molecule has 2 unspecified atom stereocenters. The minimum Gasteiger partial charge on any atom is -0.480 e. The van der Waals surface area contributed by atoms with Gasteiger partial charge in [-0.15, -0.1) is 0 Å². The van der Waals surface area contributed by atoms with Gasteiger partial charge in [0.2, 0.25) is 0 Å². The van der Waals surface area contributed by atoms with Crippen molar-refractivity contribution in [1.82, 2.24) is 0 Å². The second-order valence-corrected chi connectivity index (χ2v) is 3.87. The molecule has 0 aliphatic carbocycles. The summed E-state index contributed by atoms with van der Waals surface area (Å²) in [6.45, 7) is 2.49. The molecule has 0 bridgehead atoms. The predicted octanol–water partition coefficient (Wildman–Crippen LogP) is -0.446. The third kappa shape index (κ3) is 4.65. The Bertz CT molecular complexity index is 467. The lowest BCUT2D eigenvalue weighted by Gasteiger charge is -2.17. The van der Waals surface area contributed by atoms with Gasteiger partial charge >= 0.3 is 23.9 Å². The number of hydrogen-bond donors (Lipinski definition) is 4. The highest BCUT2D eigenvalue weighted by Gasteiger charge is 2.41. The second-order valence-electron chi connectivity index (χ2n) is 3.87. The van der Waals surface area contributed by atoms with Crippen molar-refractivity contribution in [3.05, 3.63) is 0 Å². The monoisotopic (exact) mass is 316 g/mol. The third-order valence-electron chi connectivity index (χ3n) is 2.41. The van der Waals surface area contributed by atoms with E-state index in [1.54, 1.807) is 0 Å². The molecule has 0 saturated carbocycles. The number of carboxylic acids is 2. The van der Waals surface area contributed by atoms with Crippen molar-refractivity contribution in [2.45, 2.75) is 13.8 Å². The van der Waals surface area contributed by atoms with Crippen molar-refractivity contribution in [2.24, 2.45) is 11.8 Å². The van der Waals surface area contributed by atoms with Crippen LogP contribution in [0.15, 0.2) is 0 Å². The fourth-order valence-corrected chi connectivity index (χ4v) is 1.45. The van der Waals surface area contributed by atoms with Crippen LogP contribution in [0.4, 0.5) is 0 Å². The number of carbonyl (C=O) groups excluding carboxylic acids is 2. The molecule has 0 aliphatic rings. The van der Waals surface area contributed by atoms with Crippen LogP contribution in [0.2, 0.25) is 0 Å². The predicted molar refractivity (Wildman–Crippen MR) is 71.0 cm³/mol. The summed E-state index contributed by atoms with van der Waals surface area (Å²) in [6, 6.07) is 0. The van der Waals surface area contributed by atoms with E-state index in [1.807, 2.05) is 0 Å². The quantitative estimate of drug-likeness (QED) is 0.251. The normalized spacial score (nSPS) is 12.6. The standard InChI is InChI=1S/C12H16N2O8/c1-3-21-11(19)5(9(15)16)7(13)8(14)6(10(17)18)12(20)22-4-2/h5-6,13-14H,3-4H2,1-2H3,(H,15,16)(H,17,18). The minimum absolute atomic E-state index is 0.163. The largest absolute Gasteiger partial charge is 0.480 e. The van der Waals surface area contributed by atoms with Crippen LogP contribution in [-0.2, 0) is 28.7 Å². The summed E-state index contributed by atoms with van der Waals surface area (Å²) in [7, 11) is 0. The molecular weight excluding hydrogens is 300 g/mol. The summed E-state index contributed by atoms with van der Waals surface area (Å²) in [5, 5.41) is 33.0. The highest BCUT2D eigenvalue weighted by atomic mass is 16.5. The molecule has 0 spiro atoms. The van der Waals surface area contributed by atoms with Gasteiger partial charge in [0.05, 0.1) is 24.6 Å². The van der Waals surface area contributed by atoms with E-state index in [0.717, 1.165) is 0 Å². The Labute approximate surface area is 125 Å². The lowest BCUT2D eigenvalue weighted by atomic mass is 9.91. The summed E-state index contributed by atoms with van der Waals surface area (Å²) in [5.41, 5.74) is -2.29. The molecule has 0 rings (SSSR count). The molecule has 0 aromatic rings. The first-order valence-corrected chi connectivity index (χ1v) is 6.15. The SMILES string of the molecule is CCOC(=O)C(C(=N)C(=N)C(C(=O)O)C(=O)OCC)C(=O)O. The number of carbonyl (C=O) groups is 4. The molecule has 0 radical (unpaired) electrons. The van der Waals surface area contributed by atoms with E-state index < -0.39 is 47.1 Å². The van der Waals surface area contributed by atoms with Gasteiger partial charge in [0.25, 0.3) is 0 Å². The topological polar surface area (TPSA) is 175 Å². The fourth-order valence-electron chi connectivity index (χ4n) is 1.45. The molecule has 0 fully saturated rings. The van der Waals surface area contributed by atoms with E-state index in [-0.39, 0.29) is 13.2 Å². The lowest BCUT2D eigenvalue weighted by Crippen LogP contribution is -2.44. The van der Waals surface area contributed by atoms with Crippen LogP contribution in [-0.4, -0.2) is 58.7 Å². The van der Waals surface area contributed by atoms with Crippen LogP contribution in [0.5, 0.6) is 0 Å². The summed E-state index contributed by atoms with van der Waals surface area (Å²) in [5.74, 6) is -10.6. The molecule has 0 aromatic carbocycles. The Morgan fingerprint density at radius 2 is 1.09 bits per heavy atom. The van der Waals surface area contributed by atoms with Crippen molar-refractivity contribution in [3.63, 3.8) is 0 Å². The van der Waals surface area contributed by atoms with Crippen LogP contribution < -0.4 is 0 Å². The van der Waals surface area contributed by atoms with Gasteiger partial charge in [0, 0.05) is 0 Å². The third-order valence-corrected chi connectivity index (χ3v) is 2.41. The summed E-state index contributed by atoms with van der Waals surface area (Å²) in [6.07, 6.45) is 0. The van der Waals surface area contributed by atoms with Crippen LogP contribution in [0.1, 0.15) is 13.8 Å². The Kier molecular flexibility index (Phi) is 7.42. The zero-order chi connectivity index (χ0) is 17.4. The molecule has 2 atom stereocenters. The van der Waals surface area contributed by atoms with E-state index in [0.29, 0.717) is 0 Å². The minimum atomic E-state index is -2.19. The van der Waals surface area contributed by atoms with E-state index in [1.165, 1.54) is 13.8 Å². The average molecular weight is 316 g/mol. The fraction of sp³-hybridized carbons (Fsp3) is 0.500. The van der Waals surface area contributed by atoms with Gasteiger partial charge in [-0.2, -0.15) is 0 Å². The van der Waals surface area contributed by atoms with Crippen LogP contribution in [0.3, 0.4) is 0 Å². The van der Waals surface area contributed by atoms with Gasteiger partial charge in [0.1, 0.15) is 0 Å². The molecule has 0 heterocycles. The first-order chi connectivity index (χ1) is 10.2. The first kappa shape index (κ1) is 19.2. The maximum absolute atomic E-state index is 11.5. The molecule has 0 amide bonds. The Balaban J connectivity index is 5.48. The van der Waals surface area contributed by atoms with Crippen LogP contribution >= 0.6 is 0 Å². The number of rotatable bonds is 9. The zero-order valence-electron chi connectivity index (χ0n) is 11.9. The first-order valence-electron chi connectivity index (χ1n) is 6.15. The van der Waals surface area contributed by atoms with Gasteiger partial charge in [-0.05, 0) is 13.8 Å². The van der Waals surface area contributed by atoms with Crippen molar-refractivity contribution in [2.75, 3.05) is 13.2 Å². The number of nitrogens with one attached hydrogen (secondary N) is 2. The molecular formula is C12H16N2O8. The van der Waals surface area contributed by atoms with Crippen molar-refractivity contribution >= 4 is 35.3 Å². The van der Waals surface area contributed by atoms with E-state index in [9.17, 15) is 19.2 Å². The molecule has 122 valence electrons. The van der Waals surface area contributed by atoms with Gasteiger partial charge in [-0.1, -0.05) is 0 Å². The summed E-state index contributed by atoms with van der Waals surface area (Å²) in [4.78, 5) is 45.1. The van der Waals surface area contributed by atoms with Gasteiger partial charge in [-0.25, -0.2) is 0 Å². The smallest absolute Gasteiger partial charge is 0.326 e. The van der Waals surface area contributed by atoms with E-state index in [2.05, 4.69) is 9.47 Å². The lowest BCUT2D eigenvalue weighted by molar-refractivity contribution is -0.157. The highest BCUT2D eigenvalue weighted by molar-refractivity contribution is 6.52. The highest BCUT2D eigenvalue weighted by Crippen LogP contribution is 2.12. The number of aliphatic carboxylic acids is 2. The van der Waals surface area contributed by atoms with Crippen molar-refractivity contribution in [1.29, 1.82) is 10.8 Å². The molecule has 0 aromatic heterocycles. The van der Waals surface area contributed by atoms with Crippen molar-refractivity contribution in [3.8, 4) is 0 Å². The molecule has 4 N–H and O–H groups in total. The Morgan fingerprint density at radius 1 is 0.818 bits per heavy atom. The van der Waals surface area contributed by atoms with Gasteiger partial charge in [0.15, 0.2) is 11.8 Å². The maximum Gasteiger partial charge on any atom is 0.326 e. The molecule has 10 heteroatoms. The number of ether oxygens (including phenoxy) is 2. The zero-order valence-corrected chi connectivity index (χ0v) is 11.9. The second kappa shape index (κ2) is 8.49. The van der Waals surface area contributed by atoms with Gasteiger partial charge in [-0.3, -0.25) is 19.2 Å². The maximum atomic E-state index is 11.5. The van der Waals surface area contributed by atoms with E-state index in [4.69, 9.17) is 21.0 Å². The number of hydrogen-bond acceptors (Lipinski definition) is 8. The summed E-state index contributed by atoms with van der Waals surface area (Å²) >= 11 is 0. The molecule has 0 saturated heterocycles.